The molecule has 0 amide bonds. The Hall–Kier alpha value is -3.23. The summed E-state index contributed by atoms with van der Waals surface area (Å²) in [5.41, 5.74) is 7.51. The molecule has 3 rings (SSSR count). The van der Waals surface area contributed by atoms with Crippen LogP contribution in [0.3, 0.4) is 0 Å². The van der Waals surface area contributed by atoms with E-state index in [4.69, 9.17) is 10.5 Å². The van der Waals surface area contributed by atoms with E-state index in [9.17, 15) is 4.79 Å². The molecular formula is C15H16N6O3. The number of aromatic nitrogens is 5. The number of rotatable bonds is 6. The third-order valence-electron chi connectivity index (χ3n) is 3.42. The molecule has 0 fully saturated rings. The van der Waals surface area contributed by atoms with Crippen LogP contribution in [0.5, 0.6) is 0 Å². The first-order chi connectivity index (χ1) is 11.7. The Morgan fingerprint density at radius 2 is 2.04 bits per heavy atom. The summed E-state index contributed by atoms with van der Waals surface area (Å²) in [6.45, 7) is 1.98. The van der Waals surface area contributed by atoms with Gasteiger partial charge in [-0.25, -0.2) is 9.42 Å². The second-order valence-corrected chi connectivity index (χ2v) is 4.98. The van der Waals surface area contributed by atoms with Crippen LogP contribution >= 0.6 is 0 Å². The van der Waals surface area contributed by atoms with E-state index in [2.05, 4.69) is 25.3 Å². The summed E-state index contributed by atoms with van der Waals surface area (Å²) < 4.78 is 11.0. The summed E-state index contributed by atoms with van der Waals surface area (Å²) in [6.07, 6.45) is 1.18. The highest BCUT2D eigenvalue weighted by Gasteiger charge is 2.24. The van der Waals surface area contributed by atoms with Crippen LogP contribution in [0.4, 0.5) is 5.82 Å². The summed E-state index contributed by atoms with van der Waals surface area (Å²) in [4.78, 5) is 12.1. The van der Waals surface area contributed by atoms with Gasteiger partial charge in [-0.05, 0) is 35.6 Å². The van der Waals surface area contributed by atoms with E-state index in [1.165, 1.54) is 4.68 Å². The van der Waals surface area contributed by atoms with Gasteiger partial charge >= 0.3 is 5.97 Å². The van der Waals surface area contributed by atoms with Gasteiger partial charge in [0.2, 0.25) is 11.6 Å². The fourth-order valence-electron chi connectivity index (χ4n) is 2.30. The van der Waals surface area contributed by atoms with Crippen LogP contribution < -0.4 is 5.73 Å². The third kappa shape index (κ3) is 3.09. The first-order valence-corrected chi connectivity index (χ1v) is 7.44. The fourth-order valence-corrected chi connectivity index (χ4v) is 2.30. The lowest BCUT2D eigenvalue weighted by Crippen LogP contribution is -2.12. The number of carbonyl (C=O) groups is 1. The molecular weight excluding hydrogens is 312 g/mol. The SMILES string of the molecule is CCOC(=O)c1nnn(-c2nonc2N)c1CCc1ccccc1. The van der Waals surface area contributed by atoms with E-state index >= 15 is 0 Å². The predicted octanol–water partition coefficient (Wildman–Crippen LogP) is 1.19. The van der Waals surface area contributed by atoms with Gasteiger partial charge in [0.15, 0.2) is 5.69 Å². The highest BCUT2D eigenvalue weighted by atomic mass is 16.6. The summed E-state index contributed by atoms with van der Waals surface area (Å²) in [5, 5.41) is 15.1. The zero-order chi connectivity index (χ0) is 16.9. The number of benzene rings is 1. The lowest BCUT2D eigenvalue weighted by Gasteiger charge is -2.06. The molecule has 2 N–H and O–H groups in total. The van der Waals surface area contributed by atoms with Crippen LogP contribution in [0.15, 0.2) is 35.0 Å². The van der Waals surface area contributed by atoms with Crippen LogP contribution in [0.2, 0.25) is 0 Å². The maximum atomic E-state index is 12.1. The van der Waals surface area contributed by atoms with Crippen molar-refractivity contribution in [3.05, 3.63) is 47.3 Å². The number of ether oxygens (including phenoxy) is 1. The van der Waals surface area contributed by atoms with Crippen molar-refractivity contribution in [2.75, 3.05) is 12.3 Å². The van der Waals surface area contributed by atoms with Crippen molar-refractivity contribution >= 4 is 11.8 Å². The molecule has 0 unspecified atom stereocenters. The van der Waals surface area contributed by atoms with Crippen molar-refractivity contribution < 1.29 is 14.2 Å². The molecule has 24 heavy (non-hydrogen) atoms. The lowest BCUT2D eigenvalue weighted by atomic mass is 10.1. The lowest BCUT2D eigenvalue weighted by molar-refractivity contribution is 0.0518. The topological polar surface area (TPSA) is 122 Å². The minimum absolute atomic E-state index is 0.0660. The predicted molar refractivity (Wildman–Crippen MR) is 83.4 cm³/mol. The standard InChI is InChI=1S/C15H16N6O3/c1-2-23-15(22)12-11(9-8-10-6-4-3-5-7-10)21(20-17-12)14-13(16)18-24-19-14/h3-7H,2,8-9H2,1H3,(H2,16,18). The third-order valence-corrected chi connectivity index (χ3v) is 3.42. The maximum Gasteiger partial charge on any atom is 0.360 e. The van der Waals surface area contributed by atoms with Crippen molar-refractivity contribution in [2.24, 2.45) is 0 Å². The van der Waals surface area contributed by atoms with Crippen molar-refractivity contribution in [3.63, 3.8) is 0 Å². The number of hydrogen-bond acceptors (Lipinski definition) is 8. The Balaban J connectivity index is 1.95. The molecule has 1 aromatic carbocycles. The van der Waals surface area contributed by atoms with Crippen LogP contribution in [-0.2, 0) is 17.6 Å². The number of anilines is 1. The molecule has 3 aromatic rings. The Morgan fingerprint density at radius 1 is 1.25 bits per heavy atom. The Bertz CT molecular complexity index is 827. The number of carbonyl (C=O) groups excluding carboxylic acids is 1. The molecule has 2 aromatic heterocycles. The van der Waals surface area contributed by atoms with Gasteiger partial charge < -0.3 is 10.5 Å². The maximum absolute atomic E-state index is 12.1. The molecule has 0 bridgehead atoms. The number of hydrogen-bond donors (Lipinski definition) is 1. The number of esters is 1. The first kappa shape index (κ1) is 15.7. The molecule has 0 atom stereocenters. The molecule has 2 heterocycles. The summed E-state index contributed by atoms with van der Waals surface area (Å²) in [5.74, 6) is -0.279. The monoisotopic (exact) mass is 328 g/mol. The van der Waals surface area contributed by atoms with Crippen LogP contribution in [0.25, 0.3) is 5.82 Å². The van der Waals surface area contributed by atoms with E-state index < -0.39 is 5.97 Å². The smallest absolute Gasteiger partial charge is 0.360 e. The number of nitrogens with zero attached hydrogens (tertiary/aromatic N) is 5. The second-order valence-electron chi connectivity index (χ2n) is 4.98. The molecule has 0 saturated carbocycles. The molecule has 0 aliphatic carbocycles. The van der Waals surface area contributed by atoms with Gasteiger partial charge in [0, 0.05) is 0 Å². The van der Waals surface area contributed by atoms with E-state index in [1.54, 1.807) is 6.92 Å². The van der Waals surface area contributed by atoms with Crippen molar-refractivity contribution in [1.29, 1.82) is 0 Å². The van der Waals surface area contributed by atoms with Crippen molar-refractivity contribution in [1.82, 2.24) is 25.3 Å². The molecule has 0 aliphatic heterocycles. The quantitative estimate of drug-likeness (QED) is 0.670. The molecule has 9 nitrogen and oxygen atoms in total. The minimum Gasteiger partial charge on any atom is -0.461 e. The zero-order valence-corrected chi connectivity index (χ0v) is 13.0. The van der Waals surface area contributed by atoms with Gasteiger partial charge in [-0.3, -0.25) is 0 Å². The highest BCUT2D eigenvalue weighted by molar-refractivity contribution is 5.88. The summed E-state index contributed by atoms with van der Waals surface area (Å²) in [7, 11) is 0. The van der Waals surface area contributed by atoms with E-state index in [0.29, 0.717) is 18.5 Å². The summed E-state index contributed by atoms with van der Waals surface area (Å²) in [6, 6.07) is 9.86. The van der Waals surface area contributed by atoms with Gasteiger partial charge in [-0.1, -0.05) is 35.5 Å². The average Bonchev–Trinajstić information content (AvgIpc) is 3.19. The molecule has 0 aliphatic rings. The number of nitrogens with two attached hydrogens (primary N) is 1. The van der Waals surface area contributed by atoms with Crippen LogP contribution in [0, 0.1) is 0 Å². The highest BCUT2D eigenvalue weighted by Crippen LogP contribution is 2.18. The molecule has 0 saturated heterocycles. The molecule has 0 spiro atoms. The largest absolute Gasteiger partial charge is 0.461 e. The van der Waals surface area contributed by atoms with Gasteiger partial charge in [-0.15, -0.1) is 5.10 Å². The van der Waals surface area contributed by atoms with Crippen LogP contribution in [0.1, 0.15) is 28.7 Å². The van der Waals surface area contributed by atoms with E-state index in [0.717, 1.165) is 5.56 Å². The van der Waals surface area contributed by atoms with Crippen molar-refractivity contribution in [3.8, 4) is 5.82 Å². The number of aryl methyl sites for hydroxylation is 1. The average molecular weight is 328 g/mol. The molecule has 124 valence electrons. The van der Waals surface area contributed by atoms with Gasteiger partial charge in [0.05, 0.1) is 12.3 Å². The minimum atomic E-state index is -0.540. The zero-order valence-electron chi connectivity index (χ0n) is 13.0. The van der Waals surface area contributed by atoms with Crippen molar-refractivity contribution in [2.45, 2.75) is 19.8 Å². The summed E-state index contributed by atoms with van der Waals surface area (Å²) >= 11 is 0. The van der Waals surface area contributed by atoms with E-state index in [1.807, 2.05) is 30.3 Å². The van der Waals surface area contributed by atoms with Gasteiger partial charge in [0.1, 0.15) is 0 Å². The Labute approximate surface area is 137 Å². The first-order valence-electron chi connectivity index (χ1n) is 7.44. The van der Waals surface area contributed by atoms with Gasteiger partial charge in [-0.2, -0.15) is 4.68 Å². The van der Waals surface area contributed by atoms with E-state index in [-0.39, 0.29) is 23.9 Å². The molecule has 0 radical (unpaired) electrons. The van der Waals surface area contributed by atoms with Crippen LogP contribution in [-0.4, -0.2) is 37.9 Å². The fraction of sp³-hybridized carbons (Fsp3) is 0.267. The Kier molecular flexibility index (Phi) is 4.50. The second kappa shape index (κ2) is 6.90. The van der Waals surface area contributed by atoms with Gasteiger partial charge in [0.25, 0.3) is 0 Å². The normalized spacial score (nSPS) is 10.7. The Morgan fingerprint density at radius 3 is 2.71 bits per heavy atom. The number of nitrogen functional groups attached to an aromatic ring is 1. The molecule has 9 heteroatoms.